The molecule has 23 heavy (non-hydrogen) atoms. The Morgan fingerprint density at radius 3 is 2.61 bits per heavy atom. The van der Waals surface area contributed by atoms with E-state index in [4.69, 9.17) is 0 Å². The minimum absolute atomic E-state index is 0.111. The topological polar surface area (TPSA) is 40.6 Å². The molecule has 0 aromatic heterocycles. The van der Waals surface area contributed by atoms with Gasteiger partial charge in [0.1, 0.15) is 17.2 Å². The molecule has 3 rings (SSSR count). The second-order valence-electron chi connectivity index (χ2n) is 6.36. The van der Waals surface area contributed by atoms with Gasteiger partial charge in [-0.25, -0.2) is 8.78 Å². The number of benzene rings is 1. The SMILES string of the molecule is CN1C(=O)CCC[C@H]2CN(C(=O)c3c(F)cccc3F)CC[C@H]21. The average Bonchev–Trinajstić information content (AvgIpc) is 2.66. The van der Waals surface area contributed by atoms with Crippen LogP contribution in [0, 0.1) is 17.6 Å². The van der Waals surface area contributed by atoms with Crippen molar-refractivity contribution in [3.05, 3.63) is 35.4 Å². The molecule has 1 aromatic rings. The molecule has 2 aliphatic heterocycles. The maximum atomic E-state index is 13.8. The van der Waals surface area contributed by atoms with E-state index in [2.05, 4.69) is 0 Å². The van der Waals surface area contributed by atoms with Crippen LogP contribution in [-0.4, -0.2) is 47.8 Å². The number of hydrogen-bond donors (Lipinski definition) is 0. The van der Waals surface area contributed by atoms with Crippen molar-refractivity contribution in [1.29, 1.82) is 0 Å². The molecule has 4 nitrogen and oxygen atoms in total. The first kappa shape index (κ1) is 15.9. The Morgan fingerprint density at radius 1 is 1.22 bits per heavy atom. The van der Waals surface area contributed by atoms with Crippen molar-refractivity contribution in [3.8, 4) is 0 Å². The van der Waals surface area contributed by atoms with Crippen LogP contribution in [0.5, 0.6) is 0 Å². The Labute approximate surface area is 134 Å². The molecule has 6 heteroatoms. The standard InChI is InChI=1S/C17H20F2N2O2/c1-20-14-8-9-21(10-11(14)4-2-7-15(20)22)17(23)16-12(18)5-3-6-13(16)19/h3,5-6,11,14H,2,4,7-10H2,1H3/t11-,14+/m0/s1. The highest BCUT2D eigenvalue weighted by Crippen LogP contribution is 2.30. The average molecular weight is 322 g/mol. The summed E-state index contributed by atoms with van der Waals surface area (Å²) in [7, 11) is 1.80. The smallest absolute Gasteiger partial charge is 0.259 e. The molecule has 0 N–H and O–H groups in total. The Morgan fingerprint density at radius 2 is 1.91 bits per heavy atom. The zero-order chi connectivity index (χ0) is 16.6. The van der Waals surface area contributed by atoms with Gasteiger partial charge in [0.25, 0.3) is 5.91 Å². The lowest BCUT2D eigenvalue weighted by molar-refractivity contribution is -0.132. The summed E-state index contributed by atoms with van der Waals surface area (Å²) in [4.78, 5) is 27.8. The van der Waals surface area contributed by atoms with E-state index in [1.54, 1.807) is 11.9 Å². The van der Waals surface area contributed by atoms with E-state index >= 15 is 0 Å². The minimum atomic E-state index is -0.828. The monoisotopic (exact) mass is 322 g/mol. The summed E-state index contributed by atoms with van der Waals surface area (Å²) >= 11 is 0. The molecule has 2 heterocycles. The van der Waals surface area contributed by atoms with Gasteiger partial charge in [-0.2, -0.15) is 0 Å². The quantitative estimate of drug-likeness (QED) is 0.797. The van der Waals surface area contributed by atoms with Gasteiger partial charge in [-0.05, 0) is 37.3 Å². The number of piperidine rings is 1. The van der Waals surface area contributed by atoms with Crippen molar-refractivity contribution in [1.82, 2.24) is 9.80 Å². The predicted molar refractivity (Wildman–Crippen MR) is 80.8 cm³/mol. The summed E-state index contributed by atoms with van der Waals surface area (Å²) < 4.78 is 27.7. The number of halogens is 2. The summed E-state index contributed by atoms with van der Waals surface area (Å²) in [6.45, 7) is 0.848. The maximum Gasteiger partial charge on any atom is 0.259 e. The Balaban J connectivity index is 1.79. The third-order valence-corrected chi connectivity index (χ3v) is 5.01. The lowest BCUT2D eigenvalue weighted by atomic mass is 9.88. The van der Waals surface area contributed by atoms with Gasteiger partial charge >= 0.3 is 0 Å². The fourth-order valence-electron chi connectivity index (χ4n) is 3.73. The number of carbonyl (C=O) groups excluding carboxylic acids is 2. The van der Waals surface area contributed by atoms with Gasteiger partial charge < -0.3 is 9.80 Å². The molecular weight excluding hydrogens is 302 g/mol. The van der Waals surface area contributed by atoms with Gasteiger partial charge in [0.05, 0.1) is 0 Å². The van der Waals surface area contributed by atoms with E-state index in [-0.39, 0.29) is 17.9 Å². The van der Waals surface area contributed by atoms with Crippen LogP contribution in [0.3, 0.4) is 0 Å². The van der Waals surface area contributed by atoms with E-state index in [1.807, 2.05) is 0 Å². The van der Waals surface area contributed by atoms with E-state index < -0.39 is 23.1 Å². The molecule has 2 atom stereocenters. The van der Waals surface area contributed by atoms with Crippen molar-refractivity contribution in [2.45, 2.75) is 31.7 Å². The Kier molecular flexibility index (Phi) is 4.33. The summed E-state index contributed by atoms with van der Waals surface area (Å²) in [5.74, 6) is -1.95. The summed E-state index contributed by atoms with van der Waals surface area (Å²) in [6, 6.07) is 3.56. The van der Waals surface area contributed by atoms with Gasteiger partial charge in [0.15, 0.2) is 0 Å². The third-order valence-electron chi connectivity index (χ3n) is 5.01. The maximum absolute atomic E-state index is 13.8. The molecule has 1 aromatic carbocycles. The highest BCUT2D eigenvalue weighted by Gasteiger charge is 2.38. The van der Waals surface area contributed by atoms with Gasteiger partial charge in [0, 0.05) is 32.6 Å². The van der Waals surface area contributed by atoms with E-state index in [9.17, 15) is 18.4 Å². The fourth-order valence-corrected chi connectivity index (χ4v) is 3.73. The molecule has 0 saturated carbocycles. The largest absolute Gasteiger partial charge is 0.342 e. The van der Waals surface area contributed by atoms with Crippen LogP contribution >= 0.6 is 0 Å². The fraction of sp³-hybridized carbons (Fsp3) is 0.529. The van der Waals surface area contributed by atoms with Crippen molar-refractivity contribution in [3.63, 3.8) is 0 Å². The second-order valence-corrected chi connectivity index (χ2v) is 6.36. The lowest BCUT2D eigenvalue weighted by Crippen LogP contribution is -2.52. The molecule has 0 aliphatic carbocycles. The Bertz CT molecular complexity index is 615. The van der Waals surface area contributed by atoms with Gasteiger partial charge in [-0.3, -0.25) is 9.59 Å². The molecule has 2 saturated heterocycles. The molecule has 0 unspecified atom stereocenters. The number of fused-ring (bicyclic) bond motifs is 1. The summed E-state index contributed by atoms with van der Waals surface area (Å²) in [6.07, 6.45) is 2.82. The summed E-state index contributed by atoms with van der Waals surface area (Å²) in [5, 5.41) is 0. The summed E-state index contributed by atoms with van der Waals surface area (Å²) in [5.41, 5.74) is -0.482. The van der Waals surface area contributed by atoms with Crippen LogP contribution in [0.4, 0.5) is 8.78 Å². The number of rotatable bonds is 1. The zero-order valence-electron chi connectivity index (χ0n) is 13.1. The van der Waals surface area contributed by atoms with Crippen LogP contribution in [0.2, 0.25) is 0 Å². The zero-order valence-corrected chi connectivity index (χ0v) is 13.1. The highest BCUT2D eigenvalue weighted by atomic mass is 19.1. The van der Waals surface area contributed by atoms with Gasteiger partial charge in [0.2, 0.25) is 5.91 Å². The van der Waals surface area contributed by atoms with E-state index in [0.29, 0.717) is 25.9 Å². The van der Waals surface area contributed by atoms with Crippen molar-refractivity contribution < 1.29 is 18.4 Å². The molecule has 124 valence electrons. The number of nitrogens with zero attached hydrogens (tertiary/aromatic N) is 2. The van der Waals surface area contributed by atoms with E-state index in [1.165, 1.54) is 11.0 Å². The molecule has 0 bridgehead atoms. The van der Waals surface area contributed by atoms with Crippen molar-refractivity contribution in [2.75, 3.05) is 20.1 Å². The van der Waals surface area contributed by atoms with Crippen LogP contribution in [-0.2, 0) is 4.79 Å². The molecule has 0 radical (unpaired) electrons. The first-order chi connectivity index (χ1) is 11.0. The highest BCUT2D eigenvalue weighted by molar-refractivity contribution is 5.94. The minimum Gasteiger partial charge on any atom is -0.342 e. The van der Waals surface area contributed by atoms with Gasteiger partial charge in [-0.1, -0.05) is 6.07 Å². The molecule has 2 aliphatic rings. The number of amides is 2. The van der Waals surface area contributed by atoms with Crippen LogP contribution in [0.15, 0.2) is 18.2 Å². The van der Waals surface area contributed by atoms with E-state index in [0.717, 1.165) is 25.0 Å². The molecule has 2 fully saturated rings. The van der Waals surface area contributed by atoms with Crippen LogP contribution in [0.25, 0.3) is 0 Å². The number of hydrogen-bond acceptors (Lipinski definition) is 2. The Hall–Kier alpha value is -1.98. The normalized spacial score (nSPS) is 25.1. The molecular formula is C17H20F2N2O2. The van der Waals surface area contributed by atoms with Gasteiger partial charge in [-0.15, -0.1) is 0 Å². The van der Waals surface area contributed by atoms with Crippen molar-refractivity contribution >= 4 is 11.8 Å². The predicted octanol–water partition coefficient (Wildman–Crippen LogP) is 2.44. The molecule has 0 spiro atoms. The second kappa shape index (κ2) is 6.26. The van der Waals surface area contributed by atoms with Crippen LogP contribution < -0.4 is 0 Å². The third kappa shape index (κ3) is 2.94. The van der Waals surface area contributed by atoms with Crippen molar-refractivity contribution in [2.24, 2.45) is 5.92 Å². The number of carbonyl (C=O) groups is 2. The first-order valence-corrected chi connectivity index (χ1v) is 7.98. The lowest BCUT2D eigenvalue weighted by Gasteiger charge is -2.41. The van der Waals surface area contributed by atoms with Crippen LogP contribution in [0.1, 0.15) is 36.0 Å². The molecule has 2 amide bonds. The number of likely N-dealkylation sites (tertiary alicyclic amines) is 2. The first-order valence-electron chi connectivity index (χ1n) is 7.98.